The van der Waals surface area contributed by atoms with E-state index < -0.39 is 11.9 Å². The molecule has 0 aliphatic heterocycles. The number of alkyl halides is 1. The molecular formula is C51H49BrN6O6. The van der Waals surface area contributed by atoms with Crippen LogP contribution in [0, 0.1) is 0 Å². The van der Waals surface area contributed by atoms with Crippen LogP contribution in [0.2, 0.25) is 0 Å². The maximum Gasteiger partial charge on any atom is 0.359 e. The van der Waals surface area contributed by atoms with Crippen molar-refractivity contribution in [1.29, 1.82) is 0 Å². The predicted molar refractivity (Wildman–Crippen MR) is 254 cm³/mol. The van der Waals surface area contributed by atoms with E-state index in [1.165, 1.54) is 26.9 Å². The van der Waals surface area contributed by atoms with Gasteiger partial charge in [0.15, 0.2) is 17.1 Å². The third kappa shape index (κ3) is 10.8. The fourth-order valence-corrected chi connectivity index (χ4v) is 7.25. The highest BCUT2D eigenvalue weighted by Gasteiger charge is 2.23. The van der Waals surface area contributed by atoms with Crippen LogP contribution in [0.25, 0.3) is 32.7 Å². The molecule has 3 aromatic heterocycles. The number of aromatic amines is 1. The van der Waals surface area contributed by atoms with Gasteiger partial charge in [0.2, 0.25) is 0 Å². The van der Waals surface area contributed by atoms with E-state index in [0.29, 0.717) is 21.9 Å². The summed E-state index contributed by atoms with van der Waals surface area (Å²) >= 11 is 3.48. The Hall–Kier alpha value is -7.38. The molecule has 326 valence electrons. The monoisotopic (exact) mass is 920 g/mol. The molecule has 0 aliphatic rings. The summed E-state index contributed by atoms with van der Waals surface area (Å²) < 4.78 is 18.0. The number of methoxy groups -OCH3 is 3. The Morgan fingerprint density at radius 3 is 1.50 bits per heavy atom. The molecule has 0 saturated heterocycles. The van der Waals surface area contributed by atoms with E-state index in [4.69, 9.17) is 9.47 Å². The molecule has 1 N–H and O–H groups in total. The van der Waals surface area contributed by atoms with Crippen LogP contribution >= 0.6 is 15.9 Å². The van der Waals surface area contributed by atoms with Gasteiger partial charge in [-0.2, -0.15) is 15.3 Å². The predicted octanol–water partition coefficient (Wildman–Crippen LogP) is 11.4. The average molecular weight is 922 g/mol. The molecule has 3 unspecified atom stereocenters. The molecule has 9 aromatic rings. The zero-order valence-electron chi connectivity index (χ0n) is 36.4. The molecule has 6 aromatic carbocycles. The summed E-state index contributed by atoms with van der Waals surface area (Å²) in [4.78, 5) is 35.7. The van der Waals surface area contributed by atoms with Gasteiger partial charge < -0.3 is 14.2 Å². The number of ether oxygens (including phenoxy) is 3. The molecule has 0 saturated carbocycles. The van der Waals surface area contributed by atoms with Crippen LogP contribution < -0.4 is 0 Å². The Balaban J connectivity index is 0.000000149. The Morgan fingerprint density at radius 1 is 0.500 bits per heavy atom. The lowest BCUT2D eigenvalue weighted by Crippen LogP contribution is -2.16. The van der Waals surface area contributed by atoms with E-state index in [9.17, 15) is 14.4 Å². The minimum Gasteiger partial charge on any atom is -0.464 e. The molecule has 3 heterocycles. The molecule has 64 heavy (non-hydrogen) atoms. The van der Waals surface area contributed by atoms with Gasteiger partial charge in [-0.05, 0) is 55.7 Å². The number of carbonyl (C=O) groups is 3. The standard InChI is InChI=1S/2C17H16N2O2.C9H8N2O2.C8H9Br/c1-12(13-8-4-3-5-9-13)19-15-11-7-6-10-14(15)16(18-19)17(20)21-2;1-12(13-8-4-3-5-9-13)19-16(17(20)21-2)14-10-6-7-11-15(14)18-19;1-13-9(12)8-6-4-2-3-5-7(6)10-11-8;1-7(9)8-5-3-2-4-6-8/h2*3-12H,1-2H3;2-5H,1H3,(H,10,11);2-7H,1H3. The molecule has 0 amide bonds. The van der Waals surface area contributed by atoms with Gasteiger partial charge >= 0.3 is 17.9 Å². The molecule has 12 nitrogen and oxygen atoms in total. The van der Waals surface area contributed by atoms with Crippen LogP contribution in [0.15, 0.2) is 164 Å². The van der Waals surface area contributed by atoms with Crippen molar-refractivity contribution in [3.05, 3.63) is 198 Å². The van der Waals surface area contributed by atoms with Gasteiger partial charge in [0.1, 0.15) is 0 Å². The van der Waals surface area contributed by atoms with Crippen molar-refractivity contribution in [3.8, 4) is 0 Å². The summed E-state index contributed by atoms with van der Waals surface area (Å²) in [6, 6.07) is 53.1. The van der Waals surface area contributed by atoms with E-state index in [2.05, 4.69) is 79.2 Å². The number of fused-ring (bicyclic) bond motifs is 3. The largest absolute Gasteiger partial charge is 0.464 e. The number of carbonyl (C=O) groups excluding carboxylic acids is 3. The van der Waals surface area contributed by atoms with Crippen molar-refractivity contribution in [2.75, 3.05) is 21.3 Å². The minimum atomic E-state index is -0.419. The van der Waals surface area contributed by atoms with Crippen molar-refractivity contribution in [1.82, 2.24) is 29.8 Å². The summed E-state index contributed by atoms with van der Waals surface area (Å²) in [7, 11) is 4.10. The summed E-state index contributed by atoms with van der Waals surface area (Å²) in [5.74, 6) is -1.20. The normalized spacial score (nSPS) is 12.0. The van der Waals surface area contributed by atoms with Gasteiger partial charge in [-0.15, -0.1) is 0 Å². The highest BCUT2D eigenvalue weighted by Crippen LogP contribution is 2.28. The van der Waals surface area contributed by atoms with Crippen molar-refractivity contribution in [3.63, 3.8) is 0 Å². The van der Waals surface area contributed by atoms with Crippen molar-refractivity contribution >= 4 is 66.5 Å². The summed E-state index contributed by atoms with van der Waals surface area (Å²) in [5, 5.41) is 18.1. The van der Waals surface area contributed by atoms with Crippen LogP contribution in [0.5, 0.6) is 0 Å². The fourth-order valence-electron chi connectivity index (χ4n) is 6.94. The van der Waals surface area contributed by atoms with Crippen LogP contribution in [-0.4, -0.2) is 69.0 Å². The minimum absolute atomic E-state index is 0.0366. The number of rotatable bonds is 8. The molecule has 3 atom stereocenters. The Kier molecular flexibility index (Phi) is 15.9. The van der Waals surface area contributed by atoms with Crippen LogP contribution in [0.1, 0.15) is 85.8 Å². The Labute approximate surface area is 379 Å². The SMILES string of the molecule is CC(Br)c1ccccc1.COC(=O)c1c2ccccc2nn1C(C)c1ccccc1.COC(=O)c1n[nH]c2ccccc12.COC(=O)c1nn(C(C)c2ccccc2)c2ccccc12. The first-order valence-corrected chi connectivity index (χ1v) is 21.4. The second-order valence-electron chi connectivity index (χ2n) is 14.4. The van der Waals surface area contributed by atoms with E-state index in [1.54, 1.807) is 4.68 Å². The average Bonchev–Trinajstić information content (AvgIpc) is 4.09. The van der Waals surface area contributed by atoms with Gasteiger partial charge in [0.25, 0.3) is 0 Å². The van der Waals surface area contributed by atoms with Gasteiger partial charge in [0, 0.05) is 21.0 Å². The number of benzene rings is 6. The lowest BCUT2D eigenvalue weighted by molar-refractivity contribution is 0.0581. The van der Waals surface area contributed by atoms with Crippen LogP contribution in [-0.2, 0) is 14.2 Å². The highest BCUT2D eigenvalue weighted by atomic mass is 79.9. The van der Waals surface area contributed by atoms with E-state index in [1.807, 2.05) is 151 Å². The topological polar surface area (TPSA) is 143 Å². The Morgan fingerprint density at radius 2 is 0.953 bits per heavy atom. The van der Waals surface area contributed by atoms with E-state index >= 15 is 0 Å². The summed E-state index contributed by atoms with van der Waals surface area (Å²) in [6.45, 7) is 6.21. The zero-order valence-corrected chi connectivity index (χ0v) is 38.0. The Bertz CT molecular complexity index is 2920. The molecule has 0 fully saturated rings. The van der Waals surface area contributed by atoms with Gasteiger partial charge in [-0.25, -0.2) is 19.1 Å². The number of para-hydroxylation sites is 2. The number of aromatic nitrogens is 6. The van der Waals surface area contributed by atoms with Crippen molar-refractivity contribution in [2.24, 2.45) is 0 Å². The second kappa shape index (κ2) is 22.1. The number of esters is 3. The molecule has 0 aliphatic carbocycles. The van der Waals surface area contributed by atoms with E-state index in [0.717, 1.165) is 43.8 Å². The highest BCUT2D eigenvalue weighted by molar-refractivity contribution is 9.09. The molecule has 9 rings (SSSR count). The lowest BCUT2D eigenvalue weighted by atomic mass is 10.1. The van der Waals surface area contributed by atoms with Crippen molar-refractivity contribution < 1.29 is 28.6 Å². The number of halogens is 1. The van der Waals surface area contributed by atoms with Gasteiger partial charge in [-0.1, -0.05) is 162 Å². The smallest absolute Gasteiger partial charge is 0.359 e. The first-order valence-electron chi connectivity index (χ1n) is 20.5. The maximum atomic E-state index is 12.2. The third-order valence-corrected chi connectivity index (χ3v) is 10.9. The number of hydrogen-bond acceptors (Lipinski definition) is 9. The number of nitrogens with zero attached hydrogens (tertiary/aromatic N) is 5. The molecule has 0 bridgehead atoms. The quantitative estimate of drug-likeness (QED) is 0.0895. The molecule has 13 heteroatoms. The number of hydrogen-bond donors (Lipinski definition) is 1. The van der Waals surface area contributed by atoms with Gasteiger partial charge in [-0.3, -0.25) is 9.78 Å². The first kappa shape index (κ1) is 46.1. The molecule has 0 spiro atoms. The first-order chi connectivity index (χ1) is 31.1. The maximum absolute atomic E-state index is 12.2. The molecular weight excluding hydrogens is 873 g/mol. The third-order valence-electron chi connectivity index (χ3n) is 10.4. The molecule has 0 radical (unpaired) electrons. The summed E-state index contributed by atoms with van der Waals surface area (Å²) in [6.07, 6.45) is 0. The van der Waals surface area contributed by atoms with Crippen molar-refractivity contribution in [2.45, 2.75) is 37.7 Å². The second-order valence-corrected chi connectivity index (χ2v) is 15.8. The van der Waals surface area contributed by atoms with Gasteiger partial charge in [0.05, 0.1) is 50.0 Å². The lowest BCUT2D eigenvalue weighted by Gasteiger charge is -2.15. The van der Waals surface area contributed by atoms with E-state index in [-0.39, 0.29) is 18.1 Å². The van der Waals surface area contributed by atoms with Crippen LogP contribution in [0.4, 0.5) is 0 Å². The van der Waals surface area contributed by atoms with Crippen LogP contribution in [0.3, 0.4) is 0 Å². The zero-order chi connectivity index (χ0) is 45.6. The number of nitrogens with one attached hydrogen (secondary N) is 1. The number of H-pyrrole nitrogens is 1. The summed E-state index contributed by atoms with van der Waals surface area (Å²) in [5.41, 5.74) is 7.30. The fraction of sp³-hybridized carbons (Fsp3) is 0.176.